The fourth-order valence-electron chi connectivity index (χ4n) is 1.38. The largest absolute Gasteiger partial charge is 0.441 e. The summed E-state index contributed by atoms with van der Waals surface area (Å²) in [5.41, 5.74) is 2.15. The van der Waals surface area contributed by atoms with E-state index < -0.39 is 0 Å². The number of aromatic nitrogens is 1. The van der Waals surface area contributed by atoms with E-state index >= 15 is 0 Å². The van der Waals surface area contributed by atoms with Crippen LogP contribution in [0.25, 0.3) is 11.1 Å². The molecule has 1 aromatic heterocycles. The molecule has 3 nitrogen and oxygen atoms in total. The molecule has 0 N–H and O–H groups in total. The molecule has 0 bridgehead atoms. The van der Waals surface area contributed by atoms with Gasteiger partial charge in [0.25, 0.3) is 0 Å². The number of alkyl halides is 1. The third kappa shape index (κ3) is 1.95. The number of fused-ring (bicyclic) bond motifs is 1. The highest BCUT2D eigenvalue weighted by molar-refractivity contribution is 9.09. The summed E-state index contributed by atoms with van der Waals surface area (Å²) in [5, 5.41) is 0.330. The van der Waals surface area contributed by atoms with Crippen molar-refractivity contribution < 1.29 is 9.21 Å². The first-order valence-electron chi connectivity index (χ1n) is 4.73. The molecule has 0 fully saturated rings. The van der Waals surface area contributed by atoms with Crippen LogP contribution in [0.2, 0.25) is 0 Å². The molecule has 1 aromatic carbocycles. The number of aryl methyl sites for hydroxylation is 1. The molecule has 4 heteroatoms. The van der Waals surface area contributed by atoms with Gasteiger partial charge in [0.1, 0.15) is 5.52 Å². The predicted molar refractivity (Wildman–Crippen MR) is 61.5 cm³/mol. The van der Waals surface area contributed by atoms with Crippen molar-refractivity contribution in [1.29, 1.82) is 0 Å². The van der Waals surface area contributed by atoms with Crippen LogP contribution in [0, 0.1) is 0 Å². The van der Waals surface area contributed by atoms with Crippen LogP contribution in [0.1, 0.15) is 23.2 Å². The first-order valence-corrected chi connectivity index (χ1v) is 5.85. The van der Waals surface area contributed by atoms with Crippen LogP contribution in [-0.2, 0) is 6.42 Å². The number of rotatable bonds is 3. The number of oxazole rings is 1. The summed E-state index contributed by atoms with van der Waals surface area (Å²) in [4.78, 5) is 15.7. The standard InChI is InChI=1S/C11H10BrNO2/c1-2-11-13-8-5-7(9(14)6-12)3-4-10(8)15-11/h3-5H,2,6H2,1H3. The van der Waals surface area contributed by atoms with E-state index in [1.807, 2.05) is 6.92 Å². The van der Waals surface area contributed by atoms with Crippen molar-refractivity contribution in [2.75, 3.05) is 5.33 Å². The van der Waals surface area contributed by atoms with Crippen LogP contribution < -0.4 is 0 Å². The Bertz CT molecular complexity index is 504. The fraction of sp³-hybridized carbons (Fsp3) is 0.273. The first kappa shape index (κ1) is 10.4. The van der Waals surface area contributed by atoms with Crippen LogP contribution in [0.15, 0.2) is 22.6 Å². The molecule has 0 amide bonds. The lowest BCUT2D eigenvalue weighted by molar-refractivity contribution is 0.102. The van der Waals surface area contributed by atoms with Crippen LogP contribution >= 0.6 is 15.9 Å². The molecule has 0 aliphatic heterocycles. The Kier molecular flexibility index (Phi) is 2.86. The molecule has 15 heavy (non-hydrogen) atoms. The van der Waals surface area contributed by atoms with E-state index in [1.54, 1.807) is 18.2 Å². The predicted octanol–water partition coefficient (Wildman–Crippen LogP) is 2.97. The van der Waals surface area contributed by atoms with Gasteiger partial charge in [0.15, 0.2) is 17.3 Å². The van der Waals surface area contributed by atoms with Crippen molar-refractivity contribution in [2.45, 2.75) is 13.3 Å². The molecule has 0 atom stereocenters. The number of carbonyl (C=O) groups excluding carboxylic acids is 1. The normalized spacial score (nSPS) is 10.8. The summed E-state index contributed by atoms with van der Waals surface area (Å²) in [5.74, 6) is 0.756. The van der Waals surface area contributed by atoms with Crippen molar-refractivity contribution in [3.8, 4) is 0 Å². The molecular formula is C11H10BrNO2. The van der Waals surface area contributed by atoms with Gasteiger partial charge < -0.3 is 4.42 Å². The lowest BCUT2D eigenvalue weighted by atomic mass is 10.1. The number of halogens is 1. The van der Waals surface area contributed by atoms with Crippen LogP contribution in [0.5, 0.6) is 0 Å². The van der Waals surface area contributed by atoms with Gasteiger partial charge in [0.2, 0.25) is 0 Å². The molecule has 0 aliphatic carbocycles. The van der Waals surface area contributed by atoms with E-state index in [-0.39, 0.29) is 5.78 Å². The zero-order valence-corrected chi connectivity index (χ0v) is 9.87. The average Bonchev–Trinajstić information content (AvgIpc) is 2.69. The van der Waals surface area contributed by atoms with E-state index in [1.165, 1.54) is 0 Å². The monoisotopic (exact) mass is 267 g/mol. The van der Waals surface area contributed by atoms with Gasteiger partial charge >= 0.3 is 0 Å². The van der Waals surface area contributed by atoms with E-state index in [2.05, 4.69) is 20.9 Å². The van der Waals surface area contributed by atoms with Gasteiger partial charge in [-0.25, -0.2) is 4.98 Å². The summed E-state index contributed by atoms with van der Waals surface area (Å²) >= 11 is 3.14. The second-order valence-electron chi connectivity index (χ2n) is 3.20. The van der Waals surface area contributed by atoms with Crippen LogP contribution in [0.4, 0.5) is 0 Å². The van der Waals surface area contributed by atoms with Gasteiger partial charge in [-0.15, -0.1) is 0 Å². The van der Waals surface area contributed by atoms with Crippen molar-refractivity contribution in [3.05, 3.63) is 29.7 Å². The lowest BCUT2D eigenvalue weighted by Crippen LogP contribution is -1.98. The quantitative estimate of drug-likeness (QED) is 0.635. The lowest BCUT2D eigenvalue weighted by Gasteiger charge is -1.94. The minimum atomic E-state index is 0.0537. The highest BCUT2D eigenvalue weighted by Gasteiger charge is 2.08. The topological polar surface area (TPSA) is 43.1 Å². The molecule has 0 saturated carbocycles. The summed E-state index contributed by atoms with van der Waals surface area (Å²) < 4.78 is 5.45. The minimum Gasteiger partial charge on any atom is -0.441 e. The second kappa shape index (κ2) is 4.14. The first-order chi connectivity index (χ1) is 7.24. The Labute approximate surface area is 95.6 Å². The van der Waals surface area contributed by atoms with Gasteiger partial charge in [0.05, 0.1) is 5.33 Å². The Morgan fingerprint density at radius 3 is 3.00 bits per heavy atom. The Hall–Kier alpha value is -1.16. The maximum atomic E-state index is 11.4. The molecule has 1 heterocycles. The van der Waals surface area contributed by atoms with Crippen molar-refractivity contribution in [3.63, 3.8) is 0 Å². The molecule has 0 aliphatic rings. The molecule has 2 aromatic rings. The van der Waals surface area contributed by atoms with Gasteiger partial charge in [0, 0.05) is 12.0 Å². The number of hydrogen-bond acceptors (Lipinski definition) is 3. The minimum absolute atomic E-state index is 0.0537. The third-order valence-corrected chi connectivity index (χ3v) is 2.69. The summed E-state index contributed by atoms with van der Waals surface area (Å²) in [6.07, 6.45) is 0.760. The van der Waals surface area contributed by atoms with Crippen molar-refractivity contribution in [2.24, 2.45) is 0 Å². The third-order valence-electron chi connectivity index (χ3n) is 2.18. The van der Waals surface area contributed by atoms with Crippen LogP contribution in [-0.4, -0.2) is 16.1 Å². The molecular weight excluding hydrogens is 258 g/mol. The number of carbonyl (C=O) groups is 1. The Morgan fingerprint density at radius 2 is 2.33 bits per heavy atom. The highest BCUT2D eigenvalue weighted by Crippen LogP contribution is 2.18. The maximum Gasteiger partial charge on any atom is 0.195 e. The SMILES string of the molecule is CCc1nc2cc(C(=O)CBr)ccc2o1. The van der Waals surface area contributed by atoms with Crippen molar-refractivity contribution in [1.82, 2.24) is 4.98 Å². The van der Waals surface area contributed by atoms with Gasteiger partial charge in [-0.3, -0.25) is 4.79 Å². The van der Waals surface area contributed by atoms with Crippen molar-refractivity contribution >= 4 is 32.8 Å². The second-order valence-corrected chi connectivity index (χ2v) is 3.76. The number of Topliss-reactive ketones (excluding diaryl/α,β-unsaturated/α-hetero) is 1. The Balaban J connectivity index is 2.50. The van der Waals surface area contributed by atoms with E-state index in [9.17, 15) is 4.79 Å². The molecule has 78 valence electrons. The molecule has 0 unspecified atom stereocenters. The van der Waals surface area contributed by atoms with Gasteiger partial charge in [-0.2, -0.15) is 0 Å². The average molecular weight is 268 g/mol. The number of hydrogen-bond donors (Lipinski definition) is 0. The van der Waals surface area contributed by atoms with E-state index in [0.717, 1.165) is 17.5 Å². The number of benzene rings is 1. The number of ketones is 1. The Morgan fingerprint density at radius 1 is 1.53 bits per heavy atom. The van der Waals surface area contributed by atoms with Gasteiger partial charge in [-0.05, 0) is 18.2 Å². The van der Waals surface area contributed by atoms with E-state index in [4.69, 9.17) is 4.42 Å². The van der Waals surface area contributed by atoms with Gasteiger partial charge in [-0.1, -0.05) is 22.9 Å². The molecule has 0 radical (unpaired) electrons. The summed E-state index contributed by atoms with van der Waals surface area (Å²) in [7, 11) is 0. The summed E-state index contributed by atoms with van der Waals surface area (Å²) in [6.45, 7) is 1.98. The zero-order valence-electron chi connectivity index (χ0n) is 8.29. The van der Waals surface area contributed by atoms with E-state index in [0.29, 0.717) is 16.8 Å². The fourth-order valence-corrected chi connectivity index (χ4v) is 1.70. The molecule has 0 saturated heterocycles. The molecule has 2 rings (SSSR count). The zero-order chi connectivity index (χ0) is 10.8. The summed E-state index contributed by atoms with van der Waals surface area (Å²) in [6, 6.07) is 5.32. The smallest absolute Gasteiger partial charge is 0.195 e. The highest BCUT2D eigenvalue weighted by atomic mass is 79.9. The number of nitrogens with zero attached hydrogens (tertiary/aromatic N) is 1. The van der Waals surface area contributed by atoms with Crippen LogP contribution in [0.3, 0.4) is 0 Å². The maximum absolute atomic E-state index is 11.4. The molecule has 0 spiro atoms.